The van der Waals surface area contributed by atoms with Crippen LogP contribution in [-0.4, -0.2) is 57.9 Å². The van der Waals surface area contributed by atoms with Crippen LogP contribution < -0.4 is 5.32 Å². The van der Waals surface area contributed by atoms with Crippen LogP contribution in [0, 0.1) is 0 Å². The SMILES string of the molecule is CC(C)(C)OC(=O)CC[C@H](NC(=O)CCCN1C(=O)C=CC1=O)C(=O)O. The molecule has 1 heterocycles. The molecule has 1 aliphatic heterocycles. The molecule has 0 bridgehead atoms. The number of carboxylic acid groups (broad SMARTS) is 1. The van der Waals surface area contributed by atoms with E-state index in [0.29, 0.717) is 0 Å². The highest BCUT2D eigenvalue weighted by Gasteiger charge is 2.25. The standard InChI is InChI=1S/C17H24N2O7/c1-17(2,3)26-15(23)9-6-11(16(24)25)18-12(20)5-4-10-19-13(21)7-8-14(19)22/h7-8,11H,4-6,9-10H2,1-3H3,(H,18,20)(H,24,25)/t11-/m0/s1. The predicted octanol–water partition coefficient (Wildman–Crippen LogP) is 0.383. The van der Waals surface area contributed by atoms with E-state index in [1.807, 2.05) is 0 Å². The van der Waals surface area contributed by atoms with Gasteiger partial charge in [-0.05, 0) is 33.6 Å². The first kappa shape index (κ1) is 21.3. The van der Waals surface area contributed by atoms with Gasteiger partial charge < -0.3 is 15.2 Å². The number of hydrogen-bond donors (Lipinski definition) is 2. The lowest BCUT2D eigenvalue weighted by Crippen LogP contribution is -2.41. The summed E-state index contributed by atoms with van der Waals surface area (Å²) in [5.41, 5.74) is -0.668. The van der Waals surface area contributed by atoms with Crippen LogP contribution in [0.5, 0.6) is 0 Å². The van der Waals surface area contributed by atoms with Crippen molar-refractivity contribution in [1.82, 2.24) is 10.2 Å². The molecule has 26 heavy (non-hydrogen) atoms. The highest BCUT2D eigenvalue weighted by molar-refractivity contribution is 6.12. The smallest absolute Gasteiger partial charge is 0.326 e. The molecule has 0 spiro atoms. The van der Waals surface area contributed by atoms with Crippen LogP contribution in [0.1, 0.15) is 46.5 Å². The molecule has 0 radical (unpaired) electrons. The molecule has 0 aromatic carbocycles. The Kier molecular flexibility index (Phi) is 7.48. The topological polar surface area (TPSA) is 130 Å². The van der Waals surface area contributed by atoms with E-state index in [4.69, 9.17) is 9.84 Å². The first-order valence-electron chi connectivity index (χ1n) is 8.27. The van der Waals surface area contributed by atoms with Crippen molar-refractivity contribution in [3.8, 4) is 0 Å². The molecular weight excluding hydrogens is 344 g/mol. The van der Waals surface area contributed by atoms with Crippen LogP contribution in [0.25, 0.3) is 0 Å². The second-order valence-corrected chi connectivity index (χ2v) is 6.85. The molecule has 0 aliphatic carbocycles. The van der Waals surface area contributed by atoms with Crippen molar-refractivity contribution in [2.24, 2.45) is 0 Å². The number of aliphatic carboxylic acids is 1. The Morgan fingerprint density at radius 1 is 1.15 bits per heavy atom. The normalized spacial score (nSPS) is 15.1. The summed E-state index contributed by atoms with van der Waals surface area (Å²) in [5, 5.41) is 11.5. The first-order valence-corrected chi connectivity index (χ1v) is 8.27. The number of hydrogen-bond acceptors (Lipinski definition) is 6. The zero-order valence-corrected chi connectivity index (χ0v) is 15.1. The number of carbonyl (C=O) groups excluding carboxylic acids is 4. The monoisotopic (exact) mass is 368 g/mol. The Balaban J connectivity index is 2.38. The van der Waals surface area contributed by atoms with Gasteiger partial charge in [0.1, 0.15) is 11.6 Å². The number of carbonyl (C=O) groups is 5. The lowest BCUT2D eigenvalue weighted by molar-refractivity contribution is -0.155. The quantitative estimate of drug-likeness (QED) is 0.444. The summed E-state index contributed by atoms with van der Waals surface area (Å²) in [4.78, 5) is 58.5. The van der Waals surface area contributed by atoms with E-state index < -0.39 is 41.3 Å². The summed E-state index contributed by atoms with van der Waals surface area (Å²) in [6.07, 6.45) is 2.23. The van der Waals surface area contributed by atoms with Gasteiger partial charge in [0.25, 0.3) is 11.8 Å². The highest BCUT2D eigenvalue weighted by atomic mass is 16.6. The van der Waals surface area contributed by atoms with Gasteiger partial charge in [0.2, 0.25) is 5.91 Å². The Labute approximate surface area is 151 Å². The van der Waals surface area contributed by atoms with Gasteiger partial charge in [0.05, 0.1) is 0 Å². The number of rotatable bonds is 9. The molecule has 3 amide bonds. The molecule has 1 rings (SSSR count). The average molecular weight is 368 g/mol. The molecule has 2 N–H and O–H groups in total. The Bertz CT molecular complexity index is 601. The summed E-state index contributed by atoms with van der Waals surface area (Å²) >= 11 is 0. The molecule has 0 aromatic heterocycles. The number of nitrogens with zero attached hydrogens (tertiary/aromatic N) is 1. The van der Waals surface area contributed by atoms with Crippen molar-refractivity contribution in [1.29, 1.82) is 0 Å². The first-order chi connectivity index (χ1) is 12.0. The largest absolute Gasteiger partial charge is 0.480 e. The minimum Gasteiger partial charge on any atom is -0.480 e. The fourth-order valence-corrected chi connectivity index (χ4v) is 2.23. The van der Waals surface area contributed by atoms with Crippen LogP contribution >= 0.6 is 0 Å². The number of esters is 1. The number of imide groups is 1. The summed E-state index contributed by atoms with van der Waals surface area (Å²) in [6.45, 7) is 5.18. The fraction of sp³-hybridized carbons (Fsp3) is 0.588. The third-order valence-electron chi connectivity index (χ3n) is 3.38. The van der Waals surface area contributed by atoms with E-state index >= 15 is 0 Å². The maximum atomic E-state index is 11.9. The molecule has 144 valence electrons. The van der Waals surface area contributed by atoms with E-state index in [-0.39, 0.29) is 32.2 Å². The summed E-state index contributed by atoms with van der Waals surface area (Å²) in [7, 11) is 0. The van der Waals surface area contributed by atoms with Crippen LogP contribution in [0.2, 0.25) is 0 Å². The van der Waals surface area contributed by atoms with Crippen LogP contribution in [0.15, 0.2) is 12.2 Å². The fourth-order valence-electron chi connectivity index (χ4n) is 2.23. The lowest BCUT2D eigenvalue weighted by Gasteiger charge is -2.20. The zero-order chi connectivity index (χ0) is 19.9. The highest BCUT2D eigenvalue weighted by Crippen LogP contribution is 2.10. The van der Waals surface area contributed by atoms with Gasteiger partial charge >= 0.3 is 11.9 Å². The van der Waals surface area contributed by atoms with Crippen molar-refractivity contribution < 1.29 is 33.8 Å². The number of nitrogens with one attached hydrogen (secondary N) is 1. The van der Waals surface area contributed by atoms with Gasteiger partial charge in [-0.1, -0.05) is 0 Å². The third kappa shape index (κ3) is 7.45. The lowest BCUT2D eigenvalue weighted by atomic mass is 10.1. The molecular formula is C17H24N2O7. The summed E-state index contributed by atoms with van der Waals surface area (Å²) < 4.78 is 5.09. The third-order valence-corrected chi connectivity index (χ3v) is 3.38. The molecule has 1 aliphatic rings. The van der Waals surface area contributed by atoms with Crippen LogP contribution in [0.3, 0.4) is 0 Å². The van der Waals surface area contributed by atoms with Gasteiger partial charge in [0.15, 0.2) is 0 Å². The molecule has 9 nitrogen and oxygen atoms in total. The second kappa shape index (κ2) is 9.12. The Hall–Kier alpha value is -2.71. The van der Waals surface area contributed by atoms with E-state index in [1.54, 1.807) is 20.8 Å². The molecule has 1 atom stereocenters. The summed E-state index contributed by atoms with van der Waals surface area (Å²) in [6, 6.07) is -1.22. The van der Waals surface area contributed by atoms with E-state index in [2.05, 4.69) is 5.32 Å². The van der Waals surface area contributed by atoms with E-state index in [0.717, 1.165) is 17.1 Å². The molecule has 9 heteroatoms. The minimum absolute atomic E-state index is 0.0483. The molecule has 0 saturated carbocycles. The van der Waals surface area contributed by atoms with Gasteiger partial charge in [-0.15, -0.1) is 0 Å². The Morgan fingerprint density at radius 3 is 2.23 bits per heavy atom. The Morgan fingerprint density at radius 2 is 1.73 bits per heavy atom. The van der Waals surface area contributed by atoms with Crippen molar-refractivity contribution in [3.05, 3.63) is 12.2 Å². The van der Waals surface area contributed by atoms with Crippen molar-refractivity contribution in [2.75, 3.05) is 6.54 Å². The second-order valence-electron chi connectivity index (χ2n) is 6.85. The van der Waals surface area contributed by atoms with Crippen LogP contribution in [-0.2, 0) is 28.7 Å². The molecule has 0 saturated heterocycles. The maximum Gasteiger partial charge on any atom is 0.326 e. The van der Waals surface area contributed by atoms with E-state index in [1.165, 1.54) is 0 Å². The van der Waals surface area contributed by atoms with Gasteiger partial charge in [-0.3, -0.25) is 24.1 Å². The zero-order valence-electron chi connectivity index (χ0n) is 15.1. The number of carboxylic acids is 1. The van der Waals surface area contributed by atoms with Crippen molar-refractivity contribution in [2.45, 2.75) is 58.1 Å². The van der Waals surface area contributed by atoms with Crippen LogP contribution in [0.4, 0.5) is 0 Å². The predicted molar refractivity (Wildman–Crippen MR) is 89.7 cm³/mol. The molecule has 0 aromatic rings. The average Bonchev–Trinajstić information content (AvgIpc) is 2.81. The number of amides is 3. The number of ether oxygens (including phenoxy) is 1. The van der Waals surface area contributed by atoms with Gasteiger partial charge in [-0.2, -0.15) is 0 Å². The van der Waals surface area contributed by atoms with Crippen molar-refractivity contribution in [3.63, 3.8) is 0 Å². The minimum atomic E-state index is -1.25. The molecule has 0 unspecified atom stereocenters. The van der Waals surface area contributed by atoms with E-state index in [9.17, 15) is 24.0 Å². The maximum absolute atomic E-state index is 11.9. The van der Waals surface area contributed by atoms with Gasteiger partial charge in [-0.25, -0.2) is 4.79 Å². The molecule has 0 fully saturated rings. The summed E-state index contributed by atoms with van der Waals surface area (Å²) in [5.74, 6) is -3.20. The van der Waals surface area contributed by atoms with Crippen molar-refractivity contribution >= 4 is 29.7 Å². The van der Waals surface area contributed by atoms with Gasteiger partial charge in [0, 0.05) is 31.5 Å².